The fourth-order valence-electron chi connectivity index (χ4n) is 4.73. The van der Waals surface area contributed by atoms with Gasteiger partial charge < -0.3 is 4.74 Å². The molecule has 3 saturated heterocycles. The second-order valence-electron chi connectivity index (χ2n) is 7.75. The number of methoxy groups -OCH3 is 1. The largest absolute Gasteiger partial charge is 0.497 e. The molecule has 5 rings (SSSR count). The Hall–Kier alpha value is -1.96. The molecular formula is C21H26N2O4S. The molecule has 4 heterocycles. The number of hydrogen-bond donors (Lipinski definition) is 0. The lowest BCUT2D eigenvalue weighted by molar-refractivity contribution is -0.0336. The highest BCUT2D eigenvalue weighted by Gasteiger charge is 2.44. The van der Waals surface area contributed by atoms with Crippen molar-refractivity contribution in [3.8, 4) is 5.75 Å². The molecule has 3 aliphatic rings. The minimum atomic E-state index is -3.64. The average molecular weight is 403 g/mol. The normalized spacial score (nSPS) is 28.2. The van der Waals surface area contributed by atoms with Gasteiger partial charge in [0.05, 0.1) is 18.9 Å². The number of nitrogens with zero attached hydrogens (tertiary/aromatic N) is 2. The summed E-state index contributed by atoms with van der Waals surface area (Å²) in [6.07, 6.45) is 6.29. The third-order valence-electron chi connectivity index (χ3n) is 6.07. The van der Waals surface area contributed by atoms with Crippen LogP contribution >= 0.6 is 0 Å². The highest BCUT2D eigenvalue weighted by molar-refractivity contribution is 7.86. The van der Waals surface area contributed by atoms with E-state index in [2.05, 4.69) is 16.5 Å². The Balaban J connectivity index is 1.80. The highest BCUT2D eigenvalue weighted by atomic mass is 32.2. The molecule has 0 saturated carbocycles. The van der Waals surface area contributed by atoms with Crippen LogP contribution in [0.25, 0.3) is 10.9 Å². The van der Waals surface area contributed by atoms with Crippen molar-refractivity contribution in [2.75, 3.05) is 26.5 Å². The molecule has 1 unspecified atom stereocenters. The summed E-state index contributed by atoms with van der Waals surface area (Å²) in [5.74, 6) is 1.68. The maximum absolute atomic E-state index is 12.1. The monoisotopic (exact) mass is 402 g/mol. The Morgan fingerprint density at radius 2 is 2.18 bits per heavy atom. The number of hydrogen-bond acceptors (Lipinski definition) is 6. The topological polar surface area (TPSA) is 68.7 Å². The van der Waals surface area contributed by atoms with Gasteiger partial charge in [0, 0.05) is 24.2 Å². The van der Waals surface area contributed by atoms with E-state index in [4.69, 9.17) is 8.92 Å². The van der Waals surface area contributed by atoms with Gasteiger partial charge in [0.15, 0.2) is 0 Å². The Kier molecular flexibility index (Phi) is 5.16. The predicted molar refractivity (Wildman–Crippen MR) is 109 cm³/mol. The third-order valence-corrected chi connectivity index (χ3v) is 6.63. The summed E-state index contributed by atoms with van der Waals surface area (Å²) in [4.78, 5) is 6.78. The van der Waals surface area contributed by atoms with Crippen LogP contribution in [0.1, 0.15) is 24.5 Å². The first-order valence-electron chi connectivity index (χ1n) is 9.57. The molecule has 0 spiro atoms. The van der Waals surface area contributed by atoms with E-state index in [1.54, 1.807) is 13.3 Å². The lowest BCUT2D eigenvalue weighted by Crippen LogP contribution is -2.55. The predicted octanol–water partition coefficient (Wildman–Crippen LogP) is 3.16. The van der Waals surface area contributed by atoms with E-state index in [1.807, 2.05) is 30.3 Å². The molecule has 1 aromatic heterocycles. The first-order valence-corrected chi connectivity index (χ1v) is 11.4. The van der Waals surface area contributed by atoms with Crippen LogP contribution in [0.15, 0.2) is 43.1 Å². The highest BCUT2D eigenvalue weighted by Crippen LogP contribution is 2.44. The quantitative estimate of drug-likeness (QED) is 0.546. The van der Waals surface area contributed by atoms with E-state index >= 15 is 0 Å². The Morgan fingerprint density at radius 1 is 1.36 bits per heavy atom. The van der Waals surface area contributed by atoms with Crippen LogP contribution in [0.4, 0.5) is 0 Å². The van der Waals surface area contributed by atoms with Gasteiger partial charge in [-0.05, 0) is 61.1 Å². The van der Waals surface area contributed by atoms with Crippen LogP contribution in [0.2, 0.25) is 0 Å². The zero-order chi connectivity index (χ0) is 19.9. The molecule has 0 radical (unpaired) electrons. The van der Waals surface area contributed by atoms with Gasteiger partial charge in [-0.3, -0.25) is 14.1 Å². The fraction of sp³-hybridized carbons (Fsp3) is 0.476. The van der Waals surface area contributed by atoms with Crippen molar-refractivity contribution in [3.05, 3.63) is 48.7 Å². The summed E-state index contributed by atoms with van der Waals surface area (Å²) in [7, 11) is -2.03. The molecule has 0 aliphatic carbocycles. The van der Waals surface area contributed by atoms with Gasteiger partial charge in [-0.25, -0.2) is 0 Å². The van der Waals surface area contributed by atoms with Gasteiger partial charge in [0.2, 0.25) is 0 Å². The summed E-state index contributed by atoms with van der Waals surface area (Å²) >= 11 is 0. The molecule has 150 valence electrons. The fourth-order valence-corrected chi connectivity index (χ4v) is 5.33. The smallest absolute Gasteiger partial charge is 0.265 e. The lowest BCUT2D eigenvalue weighted by atomic mass is 9.73. The van der Waals surface area contributed by atoms with E-state index in [1.165, 1.54) is 0 Å². The van der Waals surface area contributed by atoms with Crippen molar-refractivity contribution in [1.29, 1.82) is 0 Å². The van der Waals surface area contributed by atoms with Gasteiger partial charge in [-0.15, -0.1) is 6.58 Å². The third kappa shape index (κ3) is 3.66. The molecule has 2 aromatic rings. The van der Waals surface area contributed by atoms with Crippen molar-refractivity contribution in [2.45, 2.75) is 25.0 Å². The second-order valence-corrected chi connectivity index (χ2v) is 9.35. The van der Waals surface area contributed by atoms with Crippen molar-refractivity contribution in [1.82, 2.24) is 9.88 Å². The minimum Gasteiger partial charge on any atom is -0.497 e. The first kappa shape index (κ1) is 19.4. The van der Waals surface area contributed by atoms with Gasteiger partial charge in [-0.1, -0.05) is 6.08 Å². The molecule has 6 nitrogen and oxygen atoms in total. The number of pyridine rings is 1. The van der Waals surface area contributed by atoms with Crippen LogP contribution in [0.5, 0.6) is 5.75 Å². The summed E-state index contributed by atoms with van der Waals surface area (Å²) in [6.45, 7) is 5.83. The summed E-state index contributed by atoms with van der Waals surface area (Å²) < 4.78 is 35.4. The summed E-state index contributed by atoms with van der Waals surface area (Å²) in [6, 6.07) is 7.51. The van der Waals surface area contributed by atoms with E-state index < -0.39 is 16.2 Å². The summed E-state index contributed by atoms with van der Waals surface area (Å²) in [5.41, 5.74) is 1.63. The molecule has 7 heteroatoms. The van der Waals surface area contributed by atoms with Crippen LogP contribution < -0.4 is 4.74 Å². The molecule has 28 heavy (non-hydrogen) atoms. The van der Waals surface area contributed by atoms with Crippen molar-refractivity contribution in [2.24, 2.45) is 11.8 Å². The van der Waals surface area contributed by atoms with E-state index in [-0.39, 0.29) is 6.04 Å². The first-order chi connectivity index (χ1) is 13.4. The standard InChI is InChI=1S/C21H26N2O4S/c1-4-14-13-23-10-8-15(14)11-20(23)21(27-28(3,24)25)17-7-9-22-19-6-5-16(26-2)12-18(17)19/h4-7,9,12,14-15,20-21H,1,8,10-11,13H2,2-3H3/t14-,15-,20+,21-/m0/s1. The molecular weight excluding hydrogens is 376 g/mol. The number of piperidine rings is 3. The molecule has 5 atom stereocenters. The molecule has 3 aliphatic heterocycles. The zero-order valence-corrected chi connectivity index (χ0v) is 17.1. The summed E-state index contributed by atoms with van der Waals surface area (Å²) in [5, 5.41) is 0.860. The van der Waals surface area contributed by atoms with Crippen LogP contribution in [0, 0.1) is 11.8 Å². The van der Waals surface area contributed by atoms with Crippen LogP contribution in [-0.4, -0.2) is 50.8 Å². The van der Waals surface area contributed by atoms with E-state index in [0.29, 0.717) is 17.6 Å². The van der Waals surface area contributed by atoms with E-state index in [0.717, 1.165) is 48.7 Å². The molecule has 2 bridgehead atoms. The maximum atomic E-state index is 12.1. The lowest BCUT2D eigenvalue weighted by Gasteiger charge is -2.51. The van der Waals surface area contributed by atoms with Gasteiger partial charge in [0.25, 0.3) is 10.1 Å². The van der Waals surface area contributed by atoms with Gasteiger partial charge >= 0.3 is 0 Å². The van der Waals surface area contributed by atoms with Crippen molar-refractivity contribution in [3.63, 3.8) is 0 Å². The SMILES string of the molecule is C=C[C@H]1CN2CC[C@H]1C[C@@H]2[C@@H](OS(C)(=O)=O)c1ccnc2ccc(OC)cc12. The van der Waals surface area contributed by atoms with Gasteiger partial charge in [0.1, 0.15) is 11.9 Å². The number of rotatable bonds is 6. The molecule has 0 N–H and O–H groups in total. The molecule has 0 amide bonds. The zero-order valence-electron chi connectivity index (χ0n) is 16.2. The Morgan fingerprint density at radius 3 is 2.82 bits per heavy atom. The maximum Gasteiger partial charge on any atom is 0.265 e. The van der Waals surface area contributed by atoms with E-state index in [9.17, 15) is 8.42 Å². The Bertz CT molecular complexity index is 991. The number of ether oxygens (including phenoxy) is 1. The van der Waals surface area contributed by atoms with Crippen molar-refractivity contribution >= 4 is 21.0 Å². The van der Waals surface area contributed by atoms with Crippen molar-refractivity contribution < 1.29 is 17.3 Å². The number of fused-ring (bicyclic) bond motifs is 4. The molecule has 1 aromatic carbocycles. The minimum absolute atomic E-state index is 0.00137. The second kappa shape index (κ2) is 7.46. The average Bonchev–Trinajstić information content (AvgIpc) is 2.70. The molecule has 3 fully saturated rings. The Labute approximate surface area is 166 Å². The van der Waals surface area contributed by atoms with Crippen LogP contribution in [0.3, 0.4) is 0 Å². The van der Waals surface area contributed by atoms with Gasteiger partial charge in [-0.2, -0.15) is 8.42 Å². The van der Waals surface area contributed by atoms with Crippen LogP contribution in [-0.2, 0) is 14.3 Å². The number of benzene rings is 1. The number of aromatic nitrogens is 1.